The number of amides is 1. The average molecular weight is 518 g/mol. The van der Waals surface area contributed by atoms with E-state index in [-0.39, 0.29) is 31.5 Å². The Morgan fingerprint density at radius 2 is 1.66 bits per heavy atom. The summed E-state index contributed by atoms with van der Waals surface area (Å²) in [4.78, 5) is 17.6. The van der Waals surface area contributed by atoms with E-state index in [1.165, 1.54) is 34.2 Å². The minimum absolute atomic E-state index is 0.0171. The summed E-state index contributed by atoms with van der Waals surface area (Å²) in [5, 5.41) is 13.7. The van der Waals surface area contributed by atoms with Crippen molar-refractivity contribution in [3.63, 3.8) is 0 Å². The number of para-hydroxylation sites is 1. The van der Waals surface area contributed by atoms with Crippen LogP contribution in [0.3, 0.4) is 0 Å². The second-order valence-electron chi connectivity index (χ2n) is 9.50. The van der Waals surface area contributed by atoms with Gasteiger partial charge in [0.2, 0.25) is 5.91 Å². The molecule has 0 fully saturated rings. The zero-order valence-corrected chi connectivity index (χ0v) is 21.7. The van der Waals surface area contributed by atoms with Crippen molar-refractivity contribution in [2.24, 2.45) is 0 Å². The lowest BCUT2D eigenvalue weighted by molar-refractivity contribution is -0.126. The fraction of sp³-hybridized carbons (Fsp3) is 0.323. The number of fused-ring (bicyclic) bond motifs is 1. The Labute approximate surface area is 223 Å². The molecule has 0 saturated carbocycles. The number of aromatic nitrogens is 1. The van der Waals surface area contributed by atoms with Gasteiger partial charge in [0.15, 0.2) is 0 Å². The lowest BCUT2D eigenvalue weighted by Crippen LogP contribution is -2.29. The van der Waals surface area contributed by atoms with Crippen LogP contribution in [-0.2, 0) is 35.5 Å². The van der Waals surface area contributed by atoms with Crippen LogP contribution >= 0.6 is 0 Å². The normalized spacial score (nSPS) is 11.3. The molecule has 1 aromatic heterocycles. The molecule has 4 rings (SSSR count). The number of hydrogen-bond donors (Lipinski definition) is 3. The molecule has 0 aliphatic heterocycles. The van der Waals surface area contributed by atoms with Crippen molar-refractivity contribution in [2.45, 2.75) is 32.4 Å². The highest BCUT2D eigenvalue weighted by atomic mass is 19.1. The van der Waals surface area contributed by atoms with E-state index >= 15 is 0 Å². The highest BCUT2D eigenvalue weighted by Crippen LogP contribution is 2.19. The molecule has 6 nitrogen and oxygen atoms in total. The maximum absolute atomic E-state index is 12.9. The molecule has 0 aliphatic carbocycles. The lowest BCUT2D eigenvalue weighted by Gasteiger charge is -2.21. The molecule has 1 amide bonds. The molecule has 38 heavy (non-hydrogen) atoms. The van der Waals surface area contributed by atoms with Crippen LogP contribution in [0.2, 0.25) is 0 Å². The molecule has 0 bridgehead atoms. The fourth-order valence-electron chi connectivity index (χ4n) is 4.51. The van der Waals surface area contributed by atoms with E-state index in [1.807, 2.05) is 6.07 Å². The summed E-state index contributed by atoms with van der Waals surface area (Å²) >= 11 is 0. The van der Waals surface area contributed by atoms with Gasteiger partial charge in [-0.1, -0.05) is 54.6 Å². The number of carbonyl (C=O) groups is 1. The topological polar surface area (TPSA) is 77.6 Å². The SMILES string of the molecule is O=C(COCc1ccc(F)cc1)NCCCc1ccc(CN(CCO)CCc2c[nH]c3ccccc23)cc1. The van der Waals surface area contributed by atoms with Gasteiger partial charge < -0.3 is 20.1 Å². The summed E-state index contributed by atoms with van der Waals surface area (Å²) in [6.45, 7) is 3.27. The van der Waals surface area contributed by atoms with E-state index in [0.29, 0.717) is 13.1 Å². The van der Waals surface area contributed by atoms with Crippen LogP contribution in [0, 0.1) is 5.82 Å². The maximum atomic E-state index is 12.9. The fourth-order valence-corrected chi connectivity index (χ4v) is 4.51. The number of nitrogens with zero attached hydrogens (tertiary/aromatic N) is 1. The second-order valence-corrected chi connectivity index (χ2v) is 9.50. The van der Waals surface area contributed by atoms with Gasteiger partial charge in [-0.15, -0.1) is 0 Å². The van der Waals surface area contributed by atoms with E-state index in [9.17, 15) is 14.3 Å². The van der Waals surface area contributed by atoms with E-state index in [1.54, 1.807) is 12.1 Å². The van der Waals surface area contributed by atoms with Crippen molar-refractivity contribution < 1.29 is 19.0 Å². The number of halogens is 1. The molecule has 1 heterocycles. The van der Waals surface area contributed by atoms with E-state index in [0.717, 1.165) is 43.4 Å². The number of aliphatic hydroxyl groups is 1. The summed E-state index contributed by atoms with van der Waals surface area (Å²) in [5.74, 6) is -0.443. The monoisotopic (exact) mass is 517 g/mol. The Morgan fingerprint density at radius 1 is 0.921 bits per heavy atom. The summed E-state index contributed by atoms with van der Waals surface area (Å²) in [6, 6.07) is 23.0. The number of rotatable bonds is 15. The molecule has 0 aliphatic rings. The first-order chi connectivity index (χ1) is 18.6. The quantitative estimate of drug-likeness (QED) is 0.201. The van der Waals surface area contributed by atoms with Crippen molar-refractivity contribution >= 4 is 16.8 Å². The van der Waals surface area contributed by atoms with Gasteiger partial charge in [-0.05, 0) is 59.7 Å². The Morgan fingerprint density at radius 3 is 2.45 bits per heavy atom. The number of nitrogens with one attached hydrogen (secondary N) is 2. The number of carbonyl (C=O) groups excluding carboxylic acids is 1. The van der Waals surface area contributed by atoms with Gasteiger partial charge in [-0.3, -0.25) is 9.69 Å². The molecule has 0 atom stereocenters. The Kier molecular flexibility index (Phi) is 10.4. The summed E-state index contributed by atoms with van der Waals surface area (Å²) in [6.07, 6.45) is 4.72. The van der Waals surface area contributed by atoms with Gasteiger partial charge in [0.25, 0.3) is 0 Å². The molecule has 7 heteroatoms. The van der Waals surface area contributed by atoms with Gasteiger partial charge in [-0.2, -0.15) is 0 Å². The number of hydrogen-bond acceptors (Lipinski definition) is 4. The van der Waals surface area contributed by atoms with Gasteiger partial charge in [0.05, 0.1) is 13.2 Å². The smallest absolute Gasteiger partial charge is 0.246 e. The zero-order chi connectivity index (χ0) is 26.6. The standard InChI is InChI=1S/C31H36FN3O3/c32-28-13-11-26(12-14-28)22-38-23-31(37)33-16-3-4-24-7-9-25(10-8-24)21-35(18-19-36)17-15-27-20-34-30-6-2-1-5-29(27)30/h1-2,5-14,20,34,36H,3-4,15-19,21-23H2,(H,33,37). The molecule has 0 unspecified atom stereocenters. The molecule has 4 aromatic rings. The lowest BCUT2D eigenvalue weighted by atomic mass is 10.1. The third-order valence-corrected chi connectivity index (χ3v) is 6.60. The van der Waals surface area contributed by atoms with Crippen molar-refractivity contribution in [1.29, 1.82) is 0 Å². The van der Waals surface area contributed by atoms with Gasteiger partial charge in [0.1, 0.15) is 12.4 Å². The van der Waals surface area contributed by atoms with Crippen LogP contribution in [0.4, 0.5) is 4.39 Å². The van der Waals surface area contributed by atoms with E-state index in [4.69, 9.17) is 4.74 Å². The molecule has 200 valence electrons. The van der Waals surface area contributed by atoms with Crippen molar-refractivity contribution in [3.05, 3.63) is 107 Å². The molecular formula is C31H36FN3O3. The zero-order valence-electron chi connectivity index (χ0n) is 21.7. The third-order valence-electron chi connectivity index (χ3n) is 6.60. The first-order valence-electron chi connectivity index (χ1n) is 13.2. The van der Waals surface area contributed by atoms with Gasteiger partial charge in [0, 0.05) is 43.3 Å². The van der Waals surface area contributed by atoms with E-state index < -0.39 is 0 Å². The van der Waals surface area contributed by atoms with Crippen molar-refractivity contribution in [2.75, 3.05) is 32.8 Å². The minimum atomic E-state index is -0.290. The molecule has 3 aromatic carbocycles. The first kappa shape index (κ1) is 27.5. The third kappa shape index (κ3) is 8.52. The summed E-state index contributed by atoms with van der Waals surface area (Å²) in [7, 11) is 0. The highest BCUT2D eigenvalue weighted by Gasteiger charge is 2.09. The Hall–Kier alpha value is -3.52. The summed E-state index contributed by atoms with van der Waals surface area (Å²) < 4.78 is 18.3. The van der Waals surface area contributed by atoms with Crippen LogP contribution in [0.1, 0.15) is 28.7 Å². The number of aliphatic hydroxyl groups excluding tert-OH is 1. The number of aromatic amines is 1. The van der Waals surface area contributed by atoms with Crippen LogP contribution in [0.25, 0.3) is 10.9 Å². The molecule has 0 radical (unpaired) electrons. The largest absolute Gasteiger partial charge is 0.395 e. The molecular weight excluding hydrogens is 481 g/mol. The van der Waals surface area contributed by atoms with Gasteiger partial charge in [-0.25, -0.2) is 4.39 Å². The van der Waals surface area contributed by atoms with Crippen LogP contribution in [0.15, 0.2) is 79.0 Å². The molecule has 0 spiro atoms. The highest BCUT2D eigenvalue weighted by molar-refractivity contribution is 5.83. The number of benzene rings is 3. The predicted molar refractivity (Wildman–Crippen MR) is 148 cm³/mol. The van der Waals surface area contributed by atoms with Crippen LogP contribution in [-0.4, -0.2) is 53.7 Å². The molecule has 0 saturated heterocycles. The van der Waals surface area contributed by atoms with Gasteiger partial charge >= 0.3 is 0 Å². The van der Waals surface area contributed by atoms with Crippen LogP contribution < -0.4 is 5.32 Å². The number of aryl methyl sites for hydroxylation is 1. The minimum Gasteiger partial charge on any atom is -0.395 e. The predicted octanol–water partition coefficient (Wildman–Crippen LogP) is 4.61. The van der Waals surface area contributed by atoms with Crippen molar-refractivity contribution in [3.8, 4) is 0 Å². The van der Waals surface area contributed by atoms with E-state index in [2.05, 4.69) is 63.9 Å². The average Bonchev–Trinajstić information content (AvgIpc) is 3.35. The Bertz CT molecular complexity index is 1270. The van der Waals surface area contributed by atoms with Crippen LogP contribution in [0.5, 0.6) is 0 Å². The van der Waals surface area contributed by atoms with Crippen molar-refractivity contribution in [1.82, 2.24) is 15.2 Å². The Balaban J connectivity index is 1.14. The maximum Gasteiger partial charge on any atom is 0.246 e. The number of H-pyrrole nitrogens is 1. The first-order valence-corrected chi connectivity index (χ1v) is 13.2. The number of ether oxygens (including phenoxy) is 1. The summed E-state index contributed by atoms with van der Waals surface area (Å²) in [5.41, 5.74) is 5.72. The molecule has 3 N–H and O–H groups in total. The second kappa shape index (κ2) is 14.4.